The highest BCUT2D eigenvalue weighted by Gasteiger charge is 1.96. The van der Waals surface area contributed by atoms with Gasteiger partial charge in [0.05, 0.1) is 0 Å². The van der Waals surface area contributed by atoms with Crippen molar-refractivity contribution in [3.05, 3.63) is 17.7 Å². The van der Waals surface area contributed by atoms with Gasteiger partial charge in [-0.2, -0.15) is 0 Å². The number of H-pyrrole nitrogens is 1. The minimum absolute atomic E-state index is 0. The average molecular weight is 212 g/mol. The van der Waals surface area contributed by atoms with Crippen LogP contribution in [0.1, 0.15) is 57.0 Å². The summed E-state index contributed by atoms with van der Waals surface area (Å²) in [5.41, 5.74) is 1.17. The molecular formula is C12H24N2O. The zero-order chi connectivity index (χ0) is 10.2. The average Bonchev–Trinajstić information content (AvgIpc) is 2.58. The highest BCUT2D eigenvalue weighted by Crippen LogP contribution is 2.07. The van der Waals surface area contributed by atoms with Gasteiger partial charge in [-0.25, -0.2) is 4.98 Å². The van der Waals surface area contributed by atoms with Crippen LogP contribution >= 0.6 is 0 Å². The van der Waals surface area contributed by atoms with Gasteiger partial charge in [0.2, 0.25) is 0 Å². The third-order valence-electron chi connectivity index (χ3n) is 2.52. The maximum absolute atomic E-state index is 4.29. The molecule has 0 saturated heterocycles. The number of unbranched alkanes of at least 4 members (excludes halogenated alkanes) is 5. The second kappa shape index (κ2) is 8.48. The Hall–Kier alpha value is -0.830. The predicted molar refractivity (Wildman–Crippen MR) is 64.0 cm³/mol. The normalized spacial score (nSPS) is 10.0. The number of hydrogen-bond donors (Lipinski definition) is 1. The minimum Gasteiger partial charge on any atom is -0.412 e. The summed E-state index contributed by atoms with van der Waals surface area (Å²) >= 11 is 0. The lowest BCUT2D eigenvalue weighted by Gasteiger charge is -1.98. The van der Waals surface area contributed by atoms with Crippen molar-refractivity contribution in [3.63, 3.8) is 0 Å². The van der Waals surface area contributed by atoms with Crippen LogP contribution in [0.15, 0.2) is 6.20 Å². The van der Waals surface area contributed by atoms with Gasteiger partial charge in [0.1, 0.15) is 5.82 Å². The molecule has 0 spiro atoms. The molecule has 0 aliphatic heterocycles. The summed E-state index contributed by atoms with van der Waals surface area (Å²) in [4.78, 5) is 7.56. The molecule has 88 valence electrons. The summed E-state index contributed by atoms with van der Waals surface area (Å²) in [5, 5.41) is 0. The van der Waals surface area contributed by atoms with Crippen LogP contribution in [0.5, 0.6) is 0 Å². The van der Waals surface area contributed by atoms with Crippen LogP contribution in [0, 0.1) is 6.92 Å². The maximum Gasteiger partial charge on any atom is 0.106 e. The Kier molecular flexibility index (Phi) is 8.01. The van der Waals surface area contributed by atoms with E-state index >= 15 is 0 Å². The molecule has 0 amide bonds. The topological polar surface area (TPSA) is 60.2 Å². The first-order valence-electron chi connectivity index (χ1n) is 5.83. The molecular weight excluding hydrogens is 188 g/mol. The Balaban J connectivity index is 0.00000196. The third-order valence-corrected chi connectivity index (χ3v) is 2.52. The number of aromatic amines is 1. The molecule has 1 aromatic rings. The number of nitrogens with one attached hydrogen (secondary N) is 1. The van der Waals surface area contributed by atoms with Gasteiger partial charge in [-0.15, -0.1) is 0 Å². The van der Waals surface area contributed by atoms with E-state index < -0.39 is 0 Å². The molecule has 0 unspecified atom stereocenters. The van der Waals surface area contributed by atoms with Crippen molar-refractivity contribution in [2.75, 3.05) is 0 Å². The van der Waals surface area contributed by atoms with Gasteiger partial charge in [-0.1, -0.05) is 39.0 Å². The van der Waals surface area contributed by atoms with Crippen molar-refractivity contribution < 1.29 is 5.48 Å². The van der Waals surface area contributed by atoms with Crippen molar-refractivity contribution in [2.45, 2.75) is 58.8 Å². The standard InChI is InChI=1S/C12H22N2.H2O/c1-3-4-5-6-7-8-9-12-13-10-11(2)14-12;/h10H,3-9H2,1-2H3,(H,13,14);1H2. The number of aromatic nitrogens is 2. The summed E-state index contributed by atoms with van der Waals surface area (Å²) in [6.07, 6.45) is 11.1. The van der Waals surface area contributed by atoms with E-state index in [4.69, 9.17) is 0 Å². The smallest absolute Gasteiger partial charge is 0.106 e. The molecule has 3 N–H and O–H groups in total. The second-order valence-corrected chi connectivity index (χ2v) is 4.03. The largest absolute Gasteiger partial charge is 0.412 e. The van der Waals surface area contributed by atoms with Gasteiger partial charge < -0.3 is 10.5 Å². The summed E-state index contributed by atoms with van der Waals surface area (Å²) in [6.45, 7) is 4.31. The van der Waals surface area contributed by atoms with Gasteiger partial charge in [0, 0.05) is 18.3 Å². The van der Waals surface area contributed by atoms with Crippen molar-refractivity contribution in [1.29, 1.82) is 0 Å². The number of hydrogen-bond acceptors (Lipinski definition) is 1. The van der Waals surface area contributed by atoms with Crippen LogP contribution in [0.4, 0.5) is 0 Å². The molecule has 0 aromatic carbocycles. The van der Waals surface area contributed by atoms with Crippen molar-refractivity contribution in [1.82, 2.24) is 9.97 Å². The van der Waals surface area contributed by atoms with E-state index in [1.165, 1.54) is 44.2 Å². The number of rotatable bonds is 7. The molecule has 0 aliphatic carbocycles. The highest BCUT2D eigenvalue weighted by atomic mass is 16.0. The zero-order valence-corrected chi connectivity index (χ0v) is 9.97. The van der Waals surface area contributed by atoms with E-state index in [9.17, 15) is 0 Å². The predicted octanol–water partition coefficient (Wildman–Crippen LogP) is 2.80. The van der Waals surface area contributed by atoms with Crippen LogP contribution in [-0.4, -0.2) is 15.4 Å². The van der Waals surface area contributed by atoms with Gasteiger partial charge in [-0.05, 0) is 13.3 Å². The van der Waals surface area contributed by atoms with E-state index in [-0.39, 0.29) is 5.48 Å². The third kappa shape index (κ3) is 6.28. The molecule has 1 aromatic heterocycles. The monoisotopic (exact) mass is 212 g/mol. The molecule has 3 nitrogen and oxygen atoms in total. The Morgan fingerprint density at radius 1 is 1.13 bits per heavy atom. The lowest BCUT2D eigenvalue weighted by atomic mass is 10.1. The van der Waals surface area contributed by atoms with Gasteiger partial charge in [0.25, 0.3) is 0 Å². The van der Waals surface area contributed by atoms with Crippen LogP contribution in [0.2, 0.25) is 0 Å². The van der Waals surface area contributed by atoms with Crippen LogP contribution in [0.3, 0.4) is 0 Å². The molecule has 1 rings (SSSR count). The lowest BCUT2D eigenvalue weighted by molar-refractivity contribution is 0.602. The number of nitrogens with zero attached hydrogens (tertiary/aromatic N) is 1. The molecule has 0 radical (unpaired) electrons. The fourth-order valence-corrected chi connectivity index (χ4v) is 1.67. The van der Waals surface area contributed by atoms with E-state index in [2.05, 4.69) is 23.8 Å². The fraction of sp³-hybridized carbons (Fsp3) is 0.750. The maximum atomic E-state index is 4.29. The Labute approximate surface area is 92.6 Å². The minimum atomic E-state index is 0. The van der Waals surface area contributed by atoms with Crippen molar-refractivity contribution in [2.24, 2.45) is 0 Å². The first-order valence-corrected chi connectivity index (χ1v) is 5.83. The van der Waals surface area contributed by atoms with Gasteiger partial charge >= 0.3 is 0 Å². The molecule has 15 heavy (non-hydrogen) atoms. The molecule has 0 atom stereocenters. The van der Waals surface area contributed by atoms with Crippen molar-refractivity contribution >= 4 is 0 Å². The van der Waals surface area contributed by atoms with Gasteiger partial charge in [-0.3, -0.25) is 0 Å². The van der Waals surface area contributed by atoms with Gasteiger partial charge in [0.15, 0.2) is 0 Å². The molecule has 0 saturated carbocycles. The molecule has 0 bridgehead atoms. The summed E-state index contributed by atoms with van der Waals surface area (Å²) in [6, 6.07) is 0. The number of aryl methyl sites for hydroxylation is 2. The van der Waals surface area contributed by atoms with Crippen LogP contribution < -0.4 is 0 Å². The van der Waals surface area contributed by atoms with Crippen molar-refractivity contribution in [3.8, 4) is 0 Å². The highest BCUT2D eigenvalue weighted by molar-refractivity contribution is 4.98. The zero-order valence-electron chi connectivity index (χ0n) is 9.97. The molecule has 3 heteroatoms. The molecule has 1 heterocycles. The summed E-state index contributed by atoms with van der Waals surface area (Å²) in [5.74, 6) is 1.15. The van der Waals surface area contributed by atoms with E-state index in [1.54, 1.807) is 0 Å². The molecule has 0 aliphatic rings. The second-order valence-electron chi connectivity index (χ2n) is 4.03. The van der Waals surface area contributed by atoms with E-state index in [0.717, 1.165) is 12.2 Å². The van der Waals surface area contributed by atoms with E-state index in [1.807, 2.05) is 6.20 Å². The fourth-order valence-electron chi connectivity index (χ4n) is 1.67. The summed E-state index contributed by atoms with van der Waals surface area (Å²) in [7, 11) is 0. The Morgan fingerprint density at radius 3 is 2.40 bits per heavy atom. The quantitative estimate of drug-likeness (QED) is 0.694. The Bertz CT molecular complexity index is 246. The Morgan fingerprint density at radius 2 is 1.80 bits per heavy atom. The first kappa shape index (κ1) is 14.2. The van der Waals surface area contributed by atoms with E-state index in [0.29, 0.717) is 0 Å². The molecule has 0 fully saturated rings. The number of imidazole rings is 1. The van der Waals surface area contributed by atoms with Crippen LogP contribution in [0.25, 0.3) is 0 Å². The van der Waals surface area contributed by atoms with Crippen LogP contribution in [-0.2, 0) is 6.42 Å². The lowest BCUT2D eigenvalue weighted by Crippen LogP contribution is -1.88. The SMILES string of the molecule is CCCCCCCCc1ncc(C)[nH]1.O. The first-order chi connectivity index (χ1) is 6.83. The summed E-state index contributed by atoms with van der Waals surface area (Å²) < 4.78 is 0.